The van der Waals surface area contributed by atoms with E-state index in [1.807, 2.05) is 18.2 Å². The molecule has 3 rings (SSSR count). The highest BCUT2D eigenvalue weighted by Gasteiger charge is 2.23. The SMILES string of the molecule is Cc1nc(Cl)nc(-c2ccc3cccnc3c2)c1[N+](=O)[O-]. The summed E-state index contributed by atoms with van der Waals surface area (Å²) in [5.41, 5.74) is 1.60. The molecular formula is C14H9ClN4O2. The number of rotatable bonds is 2. The molecule has 0 aliphatic heterocycles. The van der Waals surface area contributed by atoms with Crippen molar-refractivity contribution in [3.63, 3.8) is 0 Å². The average Bonchev–Trinajstić information content (AvgIpc) is 2.45. The molecule has 21 heavy (non-hydrogen) atoms. The molecule has 1 aromatic carbocycles. The van der Waals surface area contributed by atoms with Gasteiger partial charge in [0.25, 0.3) is 0 Å². The fraction of sp³-hybridized carbons (Fsp3) is 0.0714. The van der Waals surface area contributed by atoms with Crippen LogP contribution in [0.4, 0.5) is 5.69 Å². The second-order valence-corrected chi connectivity index (χ2v) is 4.78. The Labute approximate surface area is 124 Å². The summed E-state index contributed by atoms with van der Waals surface area (Å²) < 4.78 is 0. The number of halogens is 1. The maximum absolute atomic E-state index is 11.3. The van der Waals surface area contributed by atoms with Crippen LogP contribution in [0.2, 0.25) is 5.28 Å². The molecule has 104 valence electrons. The van der Waals surface area contributed by atoms with E-state index in [-0.39, 0.29) is 22.4 Å². The molecule has 0 saturated carbocycles. The fourth-order valence-corrected chi connectivity index (χ4v) is 2.38. The third-order valence-electron chi connectivity index (χ3n) is 3.09. The van der Waals surface area contributed by atoms with Gasteiger partial charge in [0.05, 0.1) is 10.4 Å². The lowest BCUT2D eigenvalue weighted by Gasteiger charge is -2.06. The lowest BCUT2D eigenvalue weighted by Crippen LogP contribution is -2.01. The highest BCUT2D eigenvalue weighted by molar-refractivity contribution is 6.28. The second-order valence-electron chi connectivity index (χ2n) is 4.44. The summed E-state index contributed by atoms with van der Waals surface area (Å²) >= 11 is 5.83. The van der Waals surface area contributed by atoms with Crippen LogP contribution in [0.5, 0.6) is 0 Å². The van der Waals surface area contributed by atoms with Crippen LogP contribution in [-0.4, -0.2) is 19.9 Å². The van der Waals surface area contributed by atoms with Gasteiger partial charge in [0.2, 0.25) is 5.28 Å². The van der Waals surface area contributed by atoms with Gasteiger partial charge < -0.3 is 0 Å². The highest BCUT2D eigenvalue weighted by Crippen LogP contribution is 2.32. The van der Waals surface area contributed by atoms with Crippen LogP contribution >= 0.6 is 11.6 Å². The molecular weight excluding hydrogens is 292 g/mol. The Bertz CT molecular complexity index is 867. The molecule has 7 heteroatoms. The molecule has 0 unspecified atom stereocenters. The summed E-state index contributed by atoms with van der Waals surface area (Å²) in [6, 6.07) is 9.09. The van der Waals surface area contributed by atoms with Gasteiger partial charge in [0.1, 0.15) is 5.69 Å². The van der Waals surface area contributed by atoms with Crippen molar-refractivity contribution in [2.24, 2.45) is 0 Å². The number of fused-ring (bicyclic) bond motifs is 1. The highest BCUT2D eigenvalue weighted by atomic mass is 35.5. The largest absolute Gasteiger partial charge is 0.316 e. The number of nitrogens with zero attached hydrogens (tertiary/aromatic N) is 4. The molecule has 0 saturated heterocycles. The van der Waals surface area contributed by atoms with Crippen LogP contribution in [-0.2, 0) is 0 Å². The number of benzene rings is 1. The summed E-state index contributed by atoms with van der Waals surface area (Å²) in [6.07, 6.45) is 1.67. The first-order valence-electron chi connectivity index (χ1n) is 6.10. The summed E-state index contributed by atoms with van der Waals surface area (Å²) in [6.45, 7) is 1.54. The van der Waals surface area contributed by atoms with Crippen molar-refractivity contribution < 1.29 is 4.92 Å². The van der Waals surface area contributed by atoms with E-state index in [1.165, 1.54) is 6.92 Å². The first kappa shape index (κ1) is 13.4. The van der Waals surface area contributed by atoms with Crippen LogP contribution in [0.15, 0.2) is 36.5 Å². The Hall–Kier alpha value is -2.60. The minimum Gasteiger partial charge on any atom is -0.258 e. The van der Waals surface area contributed by atoms with Crippen molar-refractivity contribution >= 4 is 28.2 Å². The zero-order valence-electron chi connectivity index (χ0n) is 10.9. The molecule has 0 atom stereocenters. The minimum atomic E-state index is -0.496. The van der Waals surface area contributed by atoms with E-state index in [1.54, 1.807) is 18.3 Å². The van der Waals surface area contributed by atoms with Crippen LogP contribution in [0.1, 0.15) is 5.69 Å². The Kier molecular flexibility index (Phi) is 3.23. The second kappa shape index (κ2) is 5.06. The van der Waals surface area contributed by atoms with E-state index in [2.05, 4.69) is 15.0 Å². The predicted octanol–water partition coefficient (Wildman–Crippen LogP) is 3.56. The van der Waals surface area contributed by atoms with Gasteiger partial charge in [-0.2, -0.15) is 0 Å². The van der Waals surface area contributed by atoms with Crippen LogP contribution in [0, 0.1) is 17.0 Å². The maximum atomic E-state index is 11.3. The van der Waals surface area contributed by atoms with Crippen molar-refractivity contribution in [1.82, 2.24) is 15.0 Å². The van der Waals surface area contributed by atoms with Gasteiger partial charge in [-0.25, -0.2) is 9.97 Å². The number of aryl methyl sites for hydroxylation is 1. The molecule has 3 aromatic rings. The Morgan fingerprint density at radius 2 is 2.05 bits per heavy atom. The van der Waals surface area contributed by atoms with E-state index < -0.39 is 4.92 Å². The van der Waals surface area contributed by atoms with Gasteiger partial charge in [-0.15, -0.1) is 0 Å². The third-order valence-corrected chi connectivity index (χ3v) is 3.26. The molecule has 2 aromatic heterocycles. The summed E-state index contributed by atoms with van der Waals surface area (Å²) in [5, 5.41) is 12.2. The molecule has 0 aliphatic rings. The Morgan fingerprint density at radius 1 is 1.24 bits per heavy atom. The van der Waals surface area contributed by atoms with Gasteiger partial charge in [-0.3, -0.25) is 15.1 Å². The van der Waals surface area contributed by atoms with Crippen molar-refractivity contribution in [2.45, 2.75) is 6.92 Å². The van der Waals surface area contributed by atoms with Gasteiger partial charge in [0.15, 0.2) is 5.69 Å². The Morgan fingerprint density at radius 3 is 2.81 bits per heavy atom. The summed E-state index contributed by atoms with van der Waals surface area (Å²) in [4.78, 5) is 22.9. The number of pyridine rings is 1. The third kappa shape index (κ3) is 2.41. The maximum Gasteiger partial charge on any atom is 0.316 e. The van der Waals surface area contributed by atoms with E-state index in [4.69, 9.17) is 11.6 Å². The number of aromatic nitrogens is 3. The lowest BCUT2D eigenvalue weighted by atomic mass is 10.1. The van der Waals surface area contributed by atoms with Gasteiger partial charge in [0, 0.05) is 17.1 Å². The van der Waals surface area contributed by atoms with Crippen molar-refractivity contribution in [2.75, 3.05) is 0 Å². The van der Waals surface area contributed by atoms with Crippen molar-refractivity contribution in [3.05, 3.63) is 57.6 Å². The quantitative estimate of drug-likeness (QED) is 0.410. The van der Waals surface area contributed by atoms with Gasteiger partial charge >= 0.3 is 5.69 Å². The first-order valence-corrected chi connectivity index (χ1v) is 6.48. The average molecular weight is 301 g/mol. The smallest absolute Gasteiger partial charge is 0.258 e. The van der Waals surface area contributed by atoms with E-state index in [0.717, 1.165) is 10.9 Å². The number of hydrogen-bond acceptors (Lipinski definition) is 5. The molecule has 0 amide bonds. The molecule has 0 fully saturated rings. The van der Waals surface area contributed by atoms with Crippen LogP contribution in [0.3, 0.4) is 0 Å². The topological polar surface area (TPSA) is 81.8 Å². The minimum absolute atomic E-state index is 0.0192. The first-order chi connectivity index (χ1) is 10.1. The number of nitro groups is 1. The van der Waals surface area contributed by atoms with Crippen molar-refractivity contribution in [3.8, 4) is 11.3 Å². The monoisotopic (exact) mass is 300 g/mol. The normalized spacial score (nSPS) is 10.8. The summed E-state index contributed by atoms with van der Waals surface area (Å²) in [5.74, 6) is 0. The Balaban J connectivity index is 2.29. The fourth-order valence-electron chi connectivity index (χ4n) is 2.17. The van der Waals surface area contributed by atoms with E-state index >= 15 is 0 Å². The number of hydrogen-bond donors (Lipinski definition) is 0. The molecule has 2 heterocycles. The molecule has 0 bridgehead atoms. The van der Waals surface area contributed by atoms with E-state index in [9.17, 15) is 10.1 Å². The van der Waals surface area contributed by atoms with Gasteiger partial charge in [-0.05, 0) is 30.7 Å². The molecule has 0 spiro atoms. The van der Waals surface area contributed by atoms with Gasteiger partial charge in [-0.1, -0.05) is 18.2 Å². The molecule has 0 N–H and O–H groups in total. The summed E-state index contributed by atoms with van der Waals surface area (Å²) in [7, 11) is 0. The zero-order valence-corrected chi connectivity index (χ0v) is 11.7. The molecule has 0 aliphatic carbocycles. The van der Waals surface area contributed by atoms with Crippen molar-refractivity contribution in [1.29, 1.82) is 0 Å². The lowest BCUT2D eigenvalue weighted by molar-refractivity contribution is -0.385. The molecule has 6 nitrogen and oxygen atoms in total. The van der Waals surface area contributed by atoms with Crippen LogP contribution in [0.25, 0.3) is 22.2 Å². The molecule has 0 radical (unpaired) electrons. The van der Waals surface area contributed by atoms with E-state index in [0.29, 0.717) is 5.56 Å². The zero-order chi connectivity index (χ0) is 15.0. The predicted molar refractivity (Wildman–Crippen MR) is 79.2 cm³/mol. The standard InChI is InChI=1S/C14H9ClN4O2/c1-8-13(19(20)21)12(18-14(15)17-8)10-5-4-9-3-2-6-16-11(9)7-10/h2-7H,1H3. The van der Waals surface area contributed by atoms with Crippen LogP contribution < -0.4 is 0 Å².